The van der Waals surface area contributed by atoms with Crippen LogP contribution >= 0.6 is 0 Å². The van der Waals surface area contributed by atoms with Crippen molar-refractivity contribution in [2.45, 2.75) is 26.2 Å². The molecule has 6 nitrogen and oxygen atoms in total. The number of aromatic nitrogens is 2. The fraction of sp³-hybridized carbons (Fsp3) is 0.227. The average molecular weight is 376 g/mol. The molecule has 0 aliphatic rings. The smallest absolute Gasteiger partial charge is 0.275 e. The topological polar surface area (TPSA) is 76.1 Å². The van der Waals surface area contributed by atoms with Gasteiger partial charge in [-0.3, -0.25) is 4.79 Å². The molecule has 0 aliphatic carbocycles. The van der Waals surface area contributed by atoms with Crippen LogP contribution in [0, 0.1) is 0 Å². The highest BCUT2D eigenvalue weighted by molar-refractivity contribution is 6.03. The van der Waals surface area contributed by atoms with Gasteiger partial charge in [0.1, 0.15) is 17.3 Å². The third-order valence-corrected chi connectivity index (χ3v) is 4.24. The Morgan fingerprint density at radius 2 is 1.61 bits per heavy atom. The molecular formula is C22H24N4O2. The first-order valence-corrected chi connectivity index (χ1v) is 9.01. The lowest BCUT2D eigenvalue weighted by Crippen LogP contribution is -2.15. The van der Waals surface area contributed by atoms with Crippen LogP contribution in [-0.4, -0.2) is 23.0 Å². The normalized spacial score (nSPS) is 11.0. The summed E-state index contributed by atoms with van der Waals surface area (Å²) in [6, 6.07) is 15.3. The summed E-state index contributed by atoms with van der Waals surface area (Å²) in [6.07, 6.45) is 3.00. The first-order valence-electron chi connectivity index (χ1n) is 9.01. The van der Waals surface area contributed by atoms with E-state index in [-0.39, 0.29) is 17.0 Å². The minimum atomic E-state index is -0.348. The van der Waals surface area contributed by atoms with Gasteiger partial charge in [-0.2, -0.15) is 0 Å². The van der Waals surface area contributed by atoms with Crippen LogP contribution in [0.1, 0.15) is 36.8 Å². The lowest BCUT2D eigenvalue weighted by molar-refractivity contribution is 0.102. The Balaban J connectivity index is 1.75. The molecule has 1 amide bonds. The van der Waals surface area contributed by atoms with E-state index in [0.29, 0.717) is 17.3 Å². The van der Waals surface area contributed by atoms with Gasteiger partial charge < -0.3 is 15.4 Å². The number of amides is 1. The number of rotatable bonds is 5. The number of carbonyl (C=O) groups excluding carboxylic acids is 1. The van der Waals surface area contributed by atoms with Crippen LogP contribution in [0.5, 0.6) is 5.75 Å². The predicted octanol–water partition coefficient (Wildman–Crippen LogP) is 4.78. The maximum Gasteiger partial charge on any atom is 0.275 e. The van der Waals surface area contributed by atoms with Crippen LogP contribution in [0.25, 0.3) is 0 Å². The lowest BCUT2D eigenvalue weighted by Gasteiger charge is -2.23. The molecule has 1 aromatic heterocycles. The van der Waals surface area contributed by atoms with E-state index in [0.717, 1.165) is 5.69 Å². The minimum absolute atomic E-state index is 0.00835. The van der Waals surface area contributed by atoms with Crippen molar-refractivity contribution >= 4 is 23.1 Å². The van der Waals surface area contributed by atoms with E-state index >= 15 is 0 Å². The van der Waals surface area contributed by atoms with Crippen molar-refractivity contribution in [2.24, 2.45) is 0 Å². The first-order chi connectivity index (χ1) is 13.4. The van der Waals surface area contributed by atoms with Crippen molar-refractivity contribution in [3.63, 3.8) is 0 Å². The summed E-state index contributed by atoms with van der Waals surface area (Å²) in [5.41, 5.74) is 2.94. The highest BCUT2D eigenvalue weighted by Gasteiger charge is 2.18. The van der Waals surface area contributed by atoms with Crippen molar-refractivity contribution < 1.29 is 9.53 Å². The number of para-hydroxylation sites is 3. The molecule has 3 aromatic rings. The third-order valence-electron chi connectivity index (χ3n) is 4.24. The molecule has 0 saturated heterocycles. The molecular weight excluding hydrogens is 352 g/mol. The summed E-state index contributed by atoms with van der Waals surface area (Å²) in [6.45, 7) is 6.47. The molecule has 144 valence electrons. The van der Waals surface area contributed by atoms with Gasteiger partial charge in [0.15, 0.2) is 0 Å². The molecule has 0 bridgehead atoms. The van der Waals surface area contributed by atoms with Crippen LogP contribution in [0.15, 0.2) is 60.9 Å². The Hall–Kier alpha value is -3.41. The van der Waals surface area contributed by atoms with Gasteiger partial charge in [0, 0.05) is 5.69 Å². The van der Waals surface area contributed by atoms with Gasteiger partial charge in [-0.15, -0.1) is 0 Å². The summed E-state index contributed by atoms with van der Waals surface area (Å²) in [4.78, 5) is 21.0. The highest BCUT2D eigenvalue weighted by Crippen LogP contribution is 2.30. The zero-order valence-electron chi connectivity index (χ0n) is 16.5. The molecule has 0 fully saturated rings. The SMILES string of the molecule is COc1ccccc1NC(=O)c1cnc(Nc2ccccc2C(C)(C)C)cn1. The van der Waals surface area contributed by atoms with Gasteiger partial charge in [-0.25, -0.2) is 9.97 Å². The van der Waals surface area contributed by atoms with Crippen LogP contribution in [-0.2, 0) is 5.41 Å². The summed E-state index contributed by atoms with van der Waals surface area (Å²) >= 11 is 0. The Bertz CT molecular complexity index is 963. The monoisotopic (exact) mass is 376 g/mol. The molecule has 6 heteroatoms. The largest absolute Gasteiger partial charge is 0.495 e. The van der Waals surface area contributed by atoms with Crippen LogP contribution < -0.4 is 15.4 Å². The number of anilines is 3. The number of nitrogens with zero attached hydrogens (tertiary/aromatic N) is 2. The molecule has 28 heavy (non-hydrogen) atoms. The molecule has 3 rings (SSSR count). The third kappa shape index (κ3) is 4.46. The fourth-order valence-electron chi connectivity index (χ4n) is 2.83. The van der Waals surface area contributed by atoms with Crippen LogP contribution in [0.3, 0.4) is 0 Å². The fourth-order valence-corrected chi connectivity index (χ4v) is 2.83. The second-order valence-electron chi connectivity index (χ2n) is 7.36. The lowest BCUT2D eigenvalue weighted by atomic mass is 9.86. The second kappa shape index (κ2) is 8.08. The van der Waals surface area contributed by atoms with Crippen LogP contribution in [0.2, 0.25) is 0 Å². The van der Waals surface area contributed by atoms with Gasteiger partial charge in [0.05, 0.1) is 25.2 Å². The summed E-state index contributed by atoms with van der Waals surface area (Å²) in [5, 5.41) is 6.08. The summed E-state index contributed by atoms with van der Waals surface area (Å²) in [5.74, 6) is 0.810. The van der Waals surface area contributed by atoms with Gasteiger partial charge in [-0.1, -0.05) is 51.1 Å². The number of carbonyl (C=O) groups is 1. The Labute approximate surface area is 165 Å². The predicted molar refractivity (Wildman–Crippen MR) is 111 cm³/mol. The maximum atomic E-state index is 12.4. The van der Waals surface area contributed by atoms with Gasteiger partial charge >= 0.3 is 0 Å². The maximum absolute atomic E-state index is 12.4. The minimum Gasteiger partial charge on any atom is -0.495 e. The standard InChI is InChI=1S/C22H24N4O2/c1-22(2,3)15-9-5-6-10-16(15)25-20-14-23-18(13-24-20)21(27)26-17-11-7-8-12-19(17)28-4/h5-14H,1-4H3,(H,24,25)(H,26,27). The Kier molecular flexibility index (Phi) is 5.59. The van der Waals surface area contributed by atoms with Crippen molar-refractivity contribution in [2.75, 3.05) is 17.7 Å². The van der Waals surface area contributed by atoms with E-state index in [1.807, 2.05) is 30.3 Å². The molecule has 2 aromatic carbocycles. The molecule has 0 saturated carbocycles. The quantitative estimate of drug-likeness (QED) is 0.670. The Morgan fingerprint density at radius 3 is 2.25 bits per heavy atom. The van der Waals surface area contributed by atoms with E-state index in [1.54, 1.807) is 25.4 Å². The molecule has 0 radical (unpaired) electrons. The molecule has 1 heterocycles. The van der Waals surface area contributed by atoms with Gasteiger partial charge in [0.2, 0.25) is 0 Å². The molecule has 0 atom stereocenters. The highest BCUT2D eigenvalue weighted by atomic mass is 16.5. The van der Waals surface area contributed by atoms with Crippen LogP contribution in [0.4, 0.5) is 17.2 Å². The molecule has 0 spiro atoms. The van der Waals surface area contributed by atoms with Crippen molar-refractivity contribution in [1.82, 2.24) is 9.97 Å². The average Bonchev–Trinajstić information content (AvgIpc) is 2.68. The summed E-state index contributed by atoms with van der Waals surface area (Å²) in [7, 11) is 1.56. The zero-order valence-corrected chi connectivity index (χ0v) is 16.5. The van der Waals surface area contributed by atoms with Crippen molar-refractivity contribution in [3.05, 3.63) is 72.2 Å². The van der Waals surface area contributed by atoms with E-state index in [2.05, 4.69) is 47.4 Å². The second-order valence-corrected chi connectivity index (χ2v) is 7.36. The van der Waals surface area contributed by atoms with E-state index < -0.39 is 0 Å². The van der Waals surface area contributed by atoms with E-state index in [1.165, 1.54) is 11.8 Å². The molecule has 0 unspecified atom stereocenters. The van der Waals surface area contributed by atoms with Gasteiger partial charge in [0.25, 0.3) is 5.91 Å². The van der Waals surface area contributed by atoms with Crippen molar-refractivity contribution in [3.8, 4) is 5.75 Å². The van der Waals surface area contributed by atoms with E-state index in [9.17, 15) is 4.79 Å². The number of nitrogens with one attached hydrogen (secondary N) is 2. The summed E-state index contributed by atoms with van der Waals surface area (Å²) < 4.78 is 5.25. The zero-order chi connectivity index (χ0) is 20.1. The number of ether oxygens (including phenoxy) is 1. The van der Waals surface area contributed by atoms with E-state index in [4.69, 9.17) is 4.74 Å². The first kappa shape index (κ1) is 19.4. The molecule has 0 aliphatic heterocycles. The number of benzene rings is 2. The number of methoxy groups -OCH3 is 1. The molecule has 2 N–H and O–H groups in total. The number of hydrogen-bond donors (Lipinski definition) is 2. The number of hydrogen-bond acceptors (Lipinski definition) is 5. The van der Waals surface area contributed by atoms with Crippen molar-refractivity contribution in [1.29, 1.82) is 0 Å². The Morgan fingerprint density at radius 1 is 0.929 bits per heavy atom. The van der Waals surface area contributed by atoms with Gasteiger partial charge in [-0.05, 0) is 29.2 Å².